The number of nitrogens with one attached hydrogen (secondary N) is 3. The van der Waals surface area contributed by atoms with E-state index in [1.165, 1.54) is 0 Å². The minimum Gasteiger partial charge on any atom is -0.349 e. The number of anilines is 2. The van der Waals surface area contributed by atoms with E-state index in [0.717, 1.165) is 89.9 Å². The smallest absolute Gasteiger partial charge is 0.251 e. The van der Waals surface area contributed by atoms with Gasteiger partial charge in [0.25, 0.3) is 5.91 Å². The Kier molecular flexibility index (Phi) is 12.3. The van der Waals surface area contributed by atoms with E-state index in [4.69, 9.17) is 0 Å². The molecule has 3 fully saturated rings. The molecule has 0 aromatic heterocycles. The Balaban J connectivity index is 1.45. The van der Waals surface area contributed by atoms with Crippen LogP contribution in [-0.4, -0.2) is 23.8 Å². The summed E-state index contributed by atoms with van der Waals surface area (Å²) >= 11 is 0. The fourth-order valence-electron chi connectivity index (χ4n) is 8.62. The monoisotopic (exact) mass is 650 g/mol. The Labute approximate surface area is 286 Å². The minimum atomic E-state index is -0.139. The van der Waals surface area contributed by atoms with Crippen LogP contribution in [0.25, 0.3) is 0 Å². The van der Waals surface area contributed by atoms with Crippen molar-refractivity contribution in [3.63, 3.8) is 0 Å². The molecule has 1 aromatic carbocycles. The van der Waals surface area contributed by atoms with E-state index >= 15 is 0 Å². The molecule has 264 valence electrons. The van der Waals surface area contributed by atoms with Crippen LogP contribution in [0.1, 0.15) is 163 Å². The lowest BCUT2D eigenvalue weighted by Gasteiger charge is -2.38. The molecule has 0 saturated heterocycles. The van der Waals surface area contributed by atoms with E-state index < -0.39 is 0 Å². The van der Waals surface area contributed by atoms with Gasteiger partial charge in [-0.2, -0.15) is 0 Å². The van der Waals surface area contributed by atoms with Crippen LogP contribution in [0.15, 0.2) is 18.2 Å². The van der Waals surface area contributed by atoms with Crippen LogP contribution in [0.2, 0.25) is 0 Å². The normalized spacial score (nSPS) is 27.5. The van der Waals surface area contributed by atoms with Crippen molar-refractivity contribution in [2.24, 2.45) is 45.8 Å². The van der Waals surface area contributed by atoms with E-state index in [1.54, 1.807) is 12.1 Å². The predicted molar refractivity (Wildman–Crippen MR) is 195 cm³/mol. The average Bonchev–Trinajstić information content (AvgIpc) is 3.04. The standard InChI is InChI=1S/C41H67N3O3/c1-10-40(6,7)31-16-12-27(13-17-31)36(45)43-34-24-29(38(47)42-33-22-20-30(21-23-33)39(3,4)5)25-35(26-34)44-37(46)28-14-18-32(19-15-28)41(8,9)11-2/h24-28,30-33H,10-23H2,1-9H3,(H,42,47)(H,43,45)(H,44,46). The van der Waals surface area contributed by atoms with Gasteiger partial charge in [-0.1, -0.05) is 75.2 Å². The molecule has 3 amide bonds. The van der Waals surface area contributed by atoms with Gasteiger partial charge in [0.1, 0.15) is 0 Å². The van der Waals surface area contributed by atoms with Crippen LogP contribution in [0.5, 0.6) is 0 Å². The maximum Gasteiger partial charge on any atom is 0.251 e. The molecule has 4 rings (SSSR count). The van der Waals surface area contributed by atoms with E-state index in [-0.39, 0.29) is 41.0 Å². The number of hydrogen-bond acceptors (Lipinski definition) is 3. The highest BCUT2D eigenvalue weighted by atomic mass is 16.2. The molecule has 0 unspecified atom stereocenters. The van der Waals surface area contributed by atoms with Gasteiger partial charge < -0.3 is 16.0 Å². The van der Waals surface area contributed by atoms with Crippen molar-refractivity contribution in [3.8, 4) is 0 Å². The summed E-state index contributed by atoms with van der Waals surface area (Å²) < 4.78 is 0. The molecule has 3 N–H and O–H groups in total. The molecule has 3 saturated carbocycles. The van der Waals surface area contributed by atoms with Crippen LogP contribution in [0, 0.1) is 45.8 Å². The van der Waals surface area contributed by atoms with E-state index in [2.05, 4.69) is 78.3 Å². The van der Waals surface area contributed by atoms with Crippen molar-refractivity contribution in [2.75, 3.05) is 10.6 Å². The molecule has 3 aliphatic rings. The maximum absolute atomic E-state index is 13.7. The van der Waals surface area contributed by atoms with E-state index in [1.807, 2.05) is 6.07 Å². The Morgan fingerprint density at radius 2 is 0.957 bits per heavy atom. The summed E-state index contributed by atoms with van der Waals surface area (Å²) in [6, 6.07) is 5.54. The third kappa shape index (κ3) is 9.85. The van der Waals surface area contributed by atoms with Crippen LogP contribution < -0.4 is 16.0 Å². The lowest BCUT2D eigenvalue weighted by atomic mass is 9.67. The van der Waals surface area contributed by atoms with Gasteiger partial charge in [-0.05, 0) is 129 Å². The molecular weight excluding hydrogens is 582 g/mol. The number of amides is 3. The highest BCUT2D eigenvalue weighted by molar-refractivity contribution is 6.01. The Hall–Kier alpha value is -2.37. The molecular formula is C41H67N3O3. The molecule has 0 bridgehead atoms. The summed E-state index contributed by atoms with van der Waals surface area (Å²) in [7, 11) is 0. The Morgan fingerprint density at radius 1 is 0.574 bits per heavy atom. The predicted octanol–water partition coefficient (Wildman–Crippen LogP) is 10.4. The summed E-state index contributed by atoms with van der Waals surface area (Å²) in [5.41, 5.74) is 2.53. The molecule has 6 heteroatoms. The van der Waals surface area contributed by atoms with Gasteiger partial charge in [0.15, 0.2) is 0 Å². The molecule has 0 heterocycles. The van der Waals surface area contributed by atoms with Gasteiger partial charge in [-0.3, -0.25) is 14.4 Å². The SMILES string of the molecule is CCC(C)(C)C1CCC(C(=O)Nc2cc(NC(=O)C3CCC(C(C)(C)CC)CC3)cc(C(=O)NC3CCC(C(C)(C)C)CC3)c2)CC1. The topological polar surface area (TPSA) is 87.3 Å². The zero-order valence-electron chi connectivity index (χ0n) is 31.3. The van der Waals surface area contributed by atoms with Crippen molar-refractivity contribution < 1.29 is 14.4 Å². The highest BCUT2D eigenvalue weighted by Gasteiger charge is 2.36. The second kappa shape index (κ2) is 15.5. The molecule has 0 atom stereocenters. The second-order valence-corrected chi connectivity index (χ2v) is 17.9. The number of rotatable bonds is 10. The highest BCUT2D eigenvalue weighted by Crippen LogP contribution is 2.44. The third-order valence-electron chi connectivity index (χ3n) is 13.2. The van der Waals surface area contributed by atoms with E-state index in [0.29, 0.717) is 45.5 Å². The van der Waals surface area contributed by atoms with Crippen LogP contribution in [-0.2, 0) is 9.59 Å². The molecule has 0 aliphatic heterocycles. The quantitative estimate of drug-likeness (QED) is 0.236. The first-order chi connectivity index (χ1) is 22.0. The van der Waals surface area contributed by atoms with Crippen molar-refractivity contribution in [1.29, 1.82) is 0 Å². The molecule has 6 nitrogen and oxygen atoms in total. The summed E-state index contributed by atoms with van der Waals surface area (Å²) in [5.74, 6) is 1.79. The van der Waals surface area contributed by atoms with E-state index in [9.17, 15) is 14.4 Å². The average molecular weight is 650 g/mol. The Bertz CT molecular complexity index is 1150. The van der Waals surface area contributed by atoms with Crippen molar-refractivity contribution in [3.05, 3.63) is 23.8 Å². The molecule has 3 aliphatic carbocycles. The van der Waals surface area contributed by atoms with Crippen molar-refractivity contribution >= 4 is 29.1 Å². The molecule has 0 radical (unpaired) electrons. The van der Waals surface area contributed by atoms with Gasteiger partial charge in [0.2, 0.25) is 11.8 Å². The molecule has 47 heavy (non-hydrogen) atoms. The number of carbonyl (C=O) groups excluding carboxylic acids is 3. The summed E-state index contributed by atoms with van der Waals surface area (Å²) in [6.45, 7) is 20.8. The fourth-order valence-corrected chi connectivity index (χ4v) is 8.62. The molecule has 0 spiro atoms. The zero-order valence-corrected chi connectivity index (χ0v) is 31.3. The molecule has 1 aromatic rings. The minimum absolute atomic E-state index is 0.0185. The van der Waals surface area contributed by atoms with Gasteiger partial charge in [-0.15, -0.1) is 0 Å². The number of carbonyl (C=O) groups is 3. The first-order valence-corrected chi connectivity index (χ1v) is 19.1. The summed E-state index contributed by atoms with van der Waals surface area (Å²) in [6.07, 6.45) is 14.3. The number of benzene rings is 1. The zero-order chi connectivity index (χ0) is 34.6. The maximum atomic E-state index is 13.7. The largest absolute Gasteiger partial charge is 0.349 e. The summed E-state index contributed by atoms with van der Waals surface area (Å²) in [5, 5.41) is 9.58. The third-order valence-corrected chi connectivity index (χ3v) is 13.2. The van der Waals surface area contributed by atoms with Gasteiger partial charge in [0, 0.05) is 34.8 Å². The second-order valence-electron chi connectivity index (χ2n) is 17.9. The van der Waals surface area contributed by atoms with Gasteiger partial charge in [-0.25, -0.2) is 0 Å². The van der Waals surface area contributed by atoms with Gasteiger partial charge >= 0.3 is 0 Å². The number of hydrogen-bond donors (Lipinski definition) is 3. The Morgan fingerprint density at radius 3 is 1.32 bits per heavy atom. The summed E-state index contributed by atoms with van der Waals surface area (Å²) in [4.78, 5) is 40.7. The lowest BCUT2D eigenvalue weighted by Crippen LogP contribution is -2.39. The van der Waals surface area contributed by atoms with Crippen LogP contribution in [0.3, 0.4) is 0 Å². The fraction of sp³-hybridized carbons (Fsp3) is 0.780. The van der Waals surface area contributed by atoms with Crippen LogP contribution in [0.4, 0.5) is 11.4 Å². The lowest BCUT2D eigenvalue weighted by molar-refractivity contribution is -0.122. The first kappa shape index (κ1) is 37.4. The van der Waals surface area contributed by atoms with Crippen LogP contribution >= 0.6 is 0 Å². The first-order valence-electron chi connectivity index (χ1n) is 19.1. The van der Waals surface area contributed by atoms with Crippen molar-refractivity contribution in [1.82, 2.24) is 5.32 Å². The van der Waals surface area contributed by atoms with Gasteiger partial charge in [0.05, 0.1) is 0 Å². The van der Waals surface area contributed by atoms with Crippen molar-refractivity contribution in [2.45, 2.75) is 158 Å².